The van der Waals surface area contributed by atoms with Gasteiger partial charge in [-0.05, 0) is 24.3 Å². The molecule has 0 radical (unpaired) electrons. The van der Waals surface area contributed by atoms with E-state index in [9.17, 15) is 4.79 Å². The van der Waals surface area contributed by atoms with Crippen molar-refractivity contribution in [3.63, 3.8) is 0 Å². The van der Waals surface area contributed by atoms with Crippen LogP contribution in [-0.2, 0) is 0 Å². The summed E-state index contributed by atoms with van der Waals surface area (Å²) in [4.78, 5) is 14.8. The van der Waals surface area contributed by atoms with E-state index in [-0.39, 0.29) is 24.0 Å². The van der Waals surface area contributed by atoms with Gasteiger partial charge in [-0.2, -0.15) is 0 Å². The molecule has 0 bridgehead atoms. The maximum Gasteiger partial charge on any atom is 0.336 e. The molecule has 0 spiro atoms. The summed E-state index contributed by atoms with van der Waals surface area (Å²) in [6.45, 7) is 0. The third kappa shape index (κ3) is 2.52. The minimum Gasteiger partial charge on any atom is -0.423 e. The van der Waals surface area contributed by atoms with Crippen molar-refractivity contribution in [1.29, 1.82) is 0 Å². The molecule has 1 aromatic carbocycles. The molecular weight excluding hydrogens is 230 g/mol. The van der Waals surface area contributed by atoms with E-state index in [0.717, 1.165) is 5.39 Å². The maximum absolute atomic E-state index is 10.9. The fourth-order valence-electron chi connectivity index (χ4n) is 1.28. The van der Waals surface area contributed by atoms with Gasteiger partial charge in [-0.3, -0.25) is 0 Å². The lowest BCUT2D eigenvalue weighted by Gasteiger charge is -1.97. The Bertz CT molecular complexity index is 588. The molecule has 0 atom stereocenters. The fourth-order valence-corrected chi connectivity index (χ4v) is 1.28. The van der Waals surface area contributed by atoms with Crippen molar-refractivity contribution in [1.82, 2.24) is 0 Å². The summed E-state index contributed by atoms with van der Waals surface area (Å²) >= 11 is 0. The lowest BCUT2D eigenvalue weighted by molar-refractivity contribution is 0.561. The van der Waals surface area contributed by atoms with E-state index in [4.69, 9.17) is 15.9 Å². The van der Waals surface area contributed by atoms with Crippen LogP contribution in [0.15, 0.2) is 44.5 Å². The monoisotopic (exact) mass is 239 g/mol. The lowest BCUT2D eigenvalue weighted by atomic mass is 10.2. The number of guanidine groups is 1. The van der Waals surface area contributed by atoms with Crippen LogP contribution in [0.1, 0.15) is 0 Å². The van der Waals surface area contributed by atoms with Crippen molar-refractivity contribution in [2.75, 3.05) is 0 Å². The first kappa shape index (κ1) is 12.1. The fraction of sp³-hybridized carbons (Fsp3) is 0. The Balaban J connectivity index is 0.00000128. The number of hydrogen-bond donors (Lipinski definition) is 2. The minimum atomic E-state index is -0.378. The molecule has 4 N–H and O–H groups in total. The van der Waals surface area contributed by atoms with Crippen LogP contribution in [0.2, 0.25) is 0 Å². The van der Waals surface area contributed by atoms with Gasteiger partial charge in [0.15, 0.2) is 5.96 Å². The second-order valence-corrected chi connectivity index (χ2v) is 3.01. The first-order valence-corrected chi connectivity index (χ1v) is 4.29. The molecule has 2 rings (SSSR count). The zero-order valence-corrected chi connectivity index (χ0v) is 9.03. The van der Waals surface area contributed by atoms with Gasteiger partial charge in [-0.15, -0.1) is 12.4 Å². The number of halogens is 1. The van der Waals surface area contributed by atoms with Crippen molar-refractivity contribution in [3.8, 4) is 0 Å². The molecule has 0 saturated heterocycles. The highest BCUT2D eigenvalue weighted by molar-refractivity contribution is 5.85. The van der Waals surface area contributed by atoms with Crippen LogP contribution in [0.5, 0.6) is 0 Å². The Morgan fingerprint density at radius 3 is 2.62 bits per heavy atom. The van der Waals surface area contributed by atoms with Gasteiger partial charge < -0.3 is 15.9 Å². The number of rotatable bonds is 1. The van der Waals surface area contributed by atoms with Crippen LogP contribution in [0.4, 0.5) is 5.69 Å². The van der Waals surface area contributed by atoms with Crippen molar-refractivity contribution < 1.29 is 4.42 Å². The molecule has 0 aliphatic rings. The summed E-state index contributed by atoms with van der Waals surface area (Å²) < 4.78 is 4.96. The zero-order valence-electron chi connectivity index (χ0n) is 8.21. The number of benzene rings is 1. The van der Waals surface area contributed by atoms with Crippen LogP contribution < -0.4 is 17.1 Å². The van der Waals surface area contributed by atoms with Gasteiger partial charge in [0, 0.05) is 11.5 Å². The molecule has 2 aromatic rings. The normalized spacial score (nSPS) is 9.50. The Hall–Kier alpha value is -2.01. The summed E-state index contributed by atoms with van der Waals surface area (Å²) in [6, 6.07) is 8.07. The van der Waals surface area contributed by atoms with Crippen molar-refractivity contribution in [2.24, 2.45) is 16.5 Å². The van der Waals surface area contributed by atoms with E-state index >= 15 is 0 Å². The van der Waals surface area contributed by atoms with E-state index in [1.807, 2.05) is 0 Å². The largest absolute Gasteiger partial charge is 0.423 e. The Morgan fingerprint density at radius 1 is 1.19 bits per heavy atom. The first-order valence-electron chi connectivity index (χ1n) is 4.29. The molecule has 5 nitrogen and oxygen atoms in total. The summed E-state index contributed by atoms with van der Waals surface area (Å²) in [7, 11) is 0. The highest BCUT2D eigenvalue weighted by Gasteiger charge is 1.98. The predicted molar refractivity (Wildman–Crippen MR) is 65.2 cm³/mol. The molecule has 84 valence electrons. The number of aliphatic imine (C=N–C) groups is 1. The number of nitrogens with zero attached hydrogens (tertiary/aromatic N) is 1. The number of fused-ring (bicyclic) bond motifs is 1. The Morgan fingerprint density at radius 2 is 1.94 bits per heavy atom. The Kier molecular flexibility index (Phi) is 3.52. The second-order valence-electron chi connectivity index (χ2n) is 3.01. The highest BCUT2D eigenvalue weighted by Crippen LogP contribution is 2.19. The van der Waals surface area contributed by atoms with Gasteiger partial charge in [0.05, 0.1) is 5.69 Å². The molecule has 0 saturated carbocycles. The zero-order chi connectivity index (χ0) is 10.8. The quantitative estimate of drug-likeness (QED) is 0.443. The average molecular weight is 240 g/mol. The van der Waals surface area contributed by atoms with Gasteiger partial charge in [0.1, 0.15) is 5.58 Å². The van der Waals surface area contributed by atoms with Gasteiger partial charge in [0.2, 0.25) is 0 Å². The summed E-state index contributed by atoms with van der Waals surface area (Å²) in [5.74, 6) is -0.00765. The van der Waals surface area contributed by atoms with Gasteiger partial charge in [-0.25, -0.2) is 9.79 Å². The maximum atomic E-state index is 10.9. The van der Waals surface area contributed by atoms with E-state index in [0.29, 0.717) is 11.3 Å². The molecule has 0 fully saturated rings. The standard InChI is InChI=1S/C10H9N3O2.ClH/c11-10(12)13-7-2-3-8-6(5-7)1-4-9(14)15-8;/h1-5H,(H4,11,12,13);1H. The molecule has 16 heavy (non-hydrogen) atoms. The molecule has 0 aliphatic carbocycles. The SMILES string of the molecule is Cl.NC(N)=Nc1ccc2oc(=O)ccc2c1. The second kappa shape index (κ2) is 4.67. The third-order valence-corrected chi connectivity index (χ3v) is 1.86. The van der Waals surface area contributed by atoms with Crippen molar-refractivity contribution in [3.05, 3.63) is 40.8 Å². The van der Waals surface area contributed by atoms with Crippen LogP contribution in [0, 0.1) is 0 Å². The lowest BCUT2D eigenvalue weighted by Crippen LogP contribution is -2.21. The summed E-state index contributed by atoms with van der Waals surface area (Å²) in [6.07, 6.45) is 0. The van der Waals surface area contributed by atoms with Crippen molar-refractivity contribution >= 4 is 35.0 Å². The molecule has 0 unspecified atom stereocenters. The molecule has 1 heterocycles. The van der Waals surface area contributed by atoms with E-state index < -0.39 is 0 Å². The Labute approximate surface area is 97.2 Å². The molecule has 1 aromatic heterocycles. The first-order chi connectivity index (χ1) is 7.15. The molecule has 0 aliphatic heterocycles. The van der Waals surface area contributed by atoms with Crippen molar-refractivity contribution in [2.45, 2.75) is 0 Å². The van der Waals surface area contributed by atoms with Crippen LogP contribution in [0.3, 0.4) is 0 Å². The number of hydrogen-bond acceptors (Lipinski definition) is 3. The summed E-state index contributed by atoms with van der Waals surface area (Å²) in [5.41, 5.74) is 11.2. The van der Waals surface area contributed by atoms with Crippen LogP contribution >= 0.6 is 12.4 Å². The third-order valence-electron chi connectivity index (χ3n) is 1.86. The van der Waals surface area contributed by atoms with E-state index in [2.05, 4.69) is 4.99 Å². The molecule has 6 heteroatoms. The van der Waals surface area contributed by atoms with Gasteiger partial charge in [-0.1, -0.05) is 0 Å². The smallest absolute Gasteiger partial charge is 0.336 e. The highest BCUT2D eigenvalue weighted by atomic mass is 35.5. The number of nitrogens with two attached hydrogens (primary N) is 2. The average Bonchev–Trinajstić information content (AvgIpc) is 2.17. The predicted octanol–water partition coefficient (Wildman–Crippen LogP) is 1.12. The van der Waals surface area contributed by atoms with Crippen LogP contribution in [-0.4, -0.2) is 5.96 Å². The summed E-state index contributed by atoms with van der Waals surface area (Å²) in [5, 5.41) is 0.775. The minimum absolute atomic E-state index is 0. The molecule has 0 amide bonds. The molecular formula is C10H10ClN3O2. The van der Waals surface area contributed by atoms with Crippen LogP contribution in [0.25, 0.3) is 11.0 Å². The topological polar surface area (TPSA) is 94.6 Å². The van der Waals surface area contributed by atoms with Gasteiger partial charge >= 0.3 is 5.63 Å². The van der Waals surface area contributed by atoms with Gasteiger partial charge in [0.25, 0.3) is 0 Å². The van der Waals surface area contributed by atoms with E-state index in [1.54, 1.807) is 24.3 Å². The van der Waals surface area contributed by atoms with E-state index in [1.165, 1.54) is 6.07 Å².